The molecule has 38 heavy (non-hydrogen) atoms. The minimum atomic E-state index is -4.64. The number of pyridine rings is 3. The molecule has 0 spiro atoms. The summed E-state index contributed by atoms with van der Waals surface area (Å²) in [6, 6.07) is 15.6. The molecule has 0 saturated heterocycles. The number of hydrogen-bond acceptors (Lipinski definition) is 6. The average Bonchev–Trinajstić information content (AvgIpc) is 3.19. The maximum absolute atomic E-state index is 13.5. The number of fused-ring (bicyclic) bond motifs is 4. The molecule has 0 atom stereocenters. The van der Waals surface area contributed by atoms with Crippen molar-refractivity contribution in [3.05, 3.63) is 84.4 Å². The van der Waals surface area contributed by atoms with Crippen LogP contribution in [0.3, 0.4) is 0 Å². The van der Waals surface area contributed by atoms with Gasteiger partial charge in [0.2, 0.25) is 11.8 Å². The number of halogens is 3. The summed E-state index contributed by atoms with van der Waals surface area (Å²) in [6.07, 6.45) is 1.93. The molecule has 0 aliphatic carbocycles. The Hall–Kier alpha value is -5.24. The molecule has 2 aromatic carbocycles. The van der Waals surface area contributed by atoms with E-state index in [4.69, 9.17) is 5.73 Å². The van der Waals surface area contributed by atoms with Gasteiger partial charge in [0.25, 0.3) is 0 Å². The van der Waals surface area contributed by atoms with Gasteiger partial charge in [-0.2, -0.15) is 18.4 Å². The molecular weight excluding hydrogens is 493 g/mol. The highest BCUT2D eigenvalue weighted by Crippen LogP contribution is 2.36. The summed E-state index contributed by atoms with van der Waals surface area (Å²) >= 11 is 0. The molecule has 0 unspecified atom stereocenters. The summed E-state index contributed by atoms with van der Waals surface area (Å²) in [6.45, 7) is 0. The molecule has 11 heteroatoms. The zero-order chi connectivity index (χ0) is 26.6. The van der Waals surface area contributed by atoms with Crippen molar-refractivity contribution >= 4 is 38.7 Å². The van der Waals surface area contributed by atoms with E-state index >= 15 is 0 Å². The number of alkyl halides is 3. The molecule has 6 rings (SSSR count). The third-order valence-electron chi connectivity index (χ3n) is 6.46. The lowest BCUT2D eigenvalue weighted by atomic mass is 10.0. The van der Waals surface area contributed by atoms with Crippen LogP contribution in [0.1, 0.15) is 5.56 Å². The molecule has 0 saturated carbocycles. The van der Waals surface area contributed by atoms with Crippen molar-refractivity contribution in [3.63, 3.8) is 0 Å². The lowest BCUT2D eigenvalue weighted by molar-refractivity contribution is -0.137. The maximum atomic E-state index is 13.5. The molecule has 0 aliphatic heterocycles. The number of nitrogens with two attached hydrogens (primary N) is 1. The number of nitrogens with zero attached hydrogens (tertiary/aromatic N) is 7. The van der Waals surface area contributed by atoms with Gasteiger partial charge in [-0.05, 0) is 48.0 Å². The number of nitrogen functional groups attached to an aromatic ring is 1. The highest BCUT2D eigenvalue weighted by Gasteiger charge is 2.34. The second-order valence-corrected chi connectivity index (χ2v) is 8.67. The first kappa shape index (κ1) is 23.2. The first-order valence-electron chi connectivity index (χ1n) is 11.4. The first-order chi connectivity index (χ1) is 18.3. The van der Waals surface area contributed by atoms with Gasteiger partial charge in [0.05, 0.1) is 33.8 Å². The predicted molar refractivity (Wildman–Crippen MR) is 137 cm³/mol. The van der Waals surface area contributed by atoms with E-state index in [2.05, 4.69) is 19.9 Å². The summed E-state index contributed by atoms with van der Waals surface area (Å²) in [4.78, 5) is 16.8. The lowest BCUT2D eigenvalue weighted by Crippen LogP contribution is -2.22. The van der Waals surface area contributed by atoms with E-state index in [0.717, 1.165) is 22.7 Å². The molecule has 6 aromatic rings. The number of nitriles is 1. The summed E-state index contributed by atoms with van der Waals surface area (Å²) in [5.74, 6) is -0.583. The molecule has 2 N–H and O–H groups in total. The summed E-state index contributed by atoms with van der Waals surface area (Å²) in [5, 5.41) is 11.0. The quantitative estimate of drug-likeness (QED) is 0.326. The van der Waals surface area contributed by atoms with E-state index in [1.165, 1.54) is 6.20 Å². The average molecular weight is 510 g/mol. The topological polar surface area (TPSA) is 111 Å². The standard InChI is InChI=1S/C27H17F3N8/c1-37-23-13-34-22-6-4-15(17-11-20(27(28,29)30)25(32)35-12-17)10-19(22)24(23)38(26(37)36-14-31)18-5-7-21-16(9-18)3-2-8-33-21/h2-13H,1H3,(H2,32,35)/b36-26-. The van der Waals surface area contributed by atoms with Crippen LogP contribution in [0.25, 0.3) is 49.7 Å². The fraction of sp³-hybridized carbons (Fsp3) is 0.0741. The van der Waals surface area contributed by atoms with E-state index in [0.29, 0.717) is 33.1 Å². The molecule has 0 aliphatic rings. The Morgan fingerprint density at radius 3 is 2.55 bits per heavy atom. The van der Waals surface area contributed by atoms with Crippen molar-refractivity contribution in [3.8, 4) is 23.0 Å². The predicted octanol–water partition coefficient (Wildman–Crippen LogP) is 5.11. The van der Waals surface area contributed by atoms with Crippen molar-refractivity contribution in [2.45, 2.75) is 6.18 Å². The molecule has 186 valence electrons. The maximum Gasteiger partial charge on any atom is 0.419 e. The van der Waals surface area contributed by atoms with E-state index < -0.39 is 17.6 Å². The van der Waals surface area contributed by atoms with Crippen molar-refractivity contribution in [2.75, 3.05) is 5.73 Å². The van der Waals surface area contributed by atoms with Crippen LogP contribution in [0.2, 0.25) is 0 Å². The molecule has 4 heterocycles. The zero-order valence-electron chi connectivity index (χ0n) is 19.8. The summed E-state index contributed by atoms with van der Waals surface area (Å²) in [5.41, 5.74) is 9.15. The van der Waals surface area contributed by atoms with Crippen molar-refractivity contribution < 1.29 is 13.2 Å². The third kappa shape index (κ3) is 3.62. The SMILES string of the molecule is Cn1/c(=N/C#N)n(-c2ccc3ncccc3c2)c2c3cc(-c4cnc(N)c(C(F)(F)F)c4)ccc3ncc21. The van der Waals surface area contributed by atoms with E-state index in [1.807, 2.05) is 41.1 Å². The van der Waals surface area contributed by atoms with Crippen LogP contribution < -0.4 is 11.4 Å². The van der Waals surface area contributed by atoms with Crippen LogP contribution in [0.4, 0.5) is 19.0 Å². The Labute approximate surface area is 212 Å². The fourth-order valence-electron chi connectivity index (χ4n) is 4.66. The van der Waals surface area contributed by atoms with Crippen LogP contribution in [0.5, 0.6) is 0 Å². The normalized spacial score (nSPS) is 12.4. The highest BCUT2D eigenvalue weighted by molar-refractivity contribution is 6.04. The fourth-order valence-corrected chi connectivity index (χ4v) is 4.66. The van der Waals surface area contributed by atoms with Gasteiger partial charge in [0.1, 0.15) is 5.82 Å². The summed E-state index contributed by atoms with van der Waals surface area (Å²) in [7, 11) is 1.77. The number of anilines is 1. The molecule has 0 amide bonds. The Morgan fingerprint density at radius 1 is 0.947 bits per heavy atom. The number of imidazole rings is 1. The van der Waals surface area contributed by atoms with Crippen molar-refractivity contribution in [2.24, 2.45) is 12.0 Å². The third-order valence-corrected chi connectivity index (χ3v) is 6.46. The molecule has 0 fully saturated rings. The number of benzene rings is 2. The van der Waals surface area contributed by atoms with Crippen LogP contribution in [-0.2, 0) is 13.2 Å². The van der Waals surface area contributed by atoms with Gasteiger partial charge in [-0.1, -0.05) is 12.1 Å². The Morgan fingerprint density at radius 2 is 1.76 bits per heavy atom. The van der Waals surface area contributed by atoms with E-state index in [9.17, 15) is 18.4 Å². The Kier molecular flexibility index (Phi) is 5.13. The second-order valence-electron chi connectivity index (χ2n) is 8.67. The molecule has 4 aromatic heterocycles. The number of aromatic nitrogens is 5. The van der Waals surface area contributed by atoms with Crippen LogP contribution in [-0.4, -0.2) is 24.1 Å². The first-order valence-corrected chi connectivity index (χ1v) is 11.4. The van der Waals surface area contributed by atoms with Gasteiger partial charge in [-0.15, -0.1) is 4.99 Å². The van der Waals surface area contributed by atoms with E-state index in [1.54, 1.807) is 42.2 Å². The van der Waals surface area contributed by atoms with Gasteiger partial charge in [-0.25, -0.2) is 4.98 Å². The lowest BCUT2D eigenvalue weighted by Gasteiger charge is -2.12. The largest absolute Gasteiger partial charge is 0.419 e. The highest BCUT2D eigenvalue weighted by atomic mass is 19.4. The molecular formula is C27H17F3N8. The Bertz CT molecular complexity index is 2010. The van der Waals surface area contributed by atoms with Crippen molar-refractivity contribution in [1.29, 1.82) is 5.26 Å². The number of aryl methyl sites for hydroxylation is 1. The zero-order valence-corrected chi connectivity index (χ0v) is 19.8. The Balaban J connectivity index is 1.69. The van der Waals surface area contributed by atoms with Gasteiger partial charge in [0, 0.05) is 41.5 Å². The smallest absolute Gasteiger partial charge is 0.383 e. The van der Waals surface area contributed by atoms with Gasteiger partial charge in [0.15, 0.2) is 0 Å². The van der Waals surface area contributed by atoms with Crippen LogP contribution in [0.15, 0.2) is 78.2 Å². The van der Waals surface area contributed by atoms with E-state index in [-0.39, 0.29) is 5.56 Å². The van der Waals surface area contributed by atoms with Gasteiger partial charge < -0.3 is 10.3 Å². The molecule has 0 bridgehead atoms. The number of hydrogen-bond donors (Lipinski definition) is 1. The van der Waals surface area contributed by atoms with Crippen LogP contribution >= 0.6 is 0 Å². The summed E-state index contributed by atoms with van der Waals surface area (Å²) < 4.78 is 44.1. The second kappa shape index (κ2) is 8.41. The van der Waals surface area contributed by atoms with Gasteiger partial charge in [-0.3, -0.25) is 14.5 Å². The minimum absolute atomic E-state index is 0.256. The monoisotopic (exact) mass is 510 g/mol. The minimum Gasteiger partial charge on any atom is -0.383 e. The van der Waals surface area contributed by atoms with Gasteiger partial charge >= 0.3 is 6.18 Å². The van der Waals surface area contributed by atoms with Crippen molar-refractivity contribution in [1.82, 2.24) is 24.1 Å². The molecule has 0 radical (unpaired) electrons. The molecule has 8 nitrogen and oxygen atoms in total. The van der Waals surface area contributed by atoms with Crippen LogP contribution in [0, 0.1) is 11.5 Å². The number of rotatable bonds is 2.